The highest BCUT2D eigenvalue weighted by Gasteiger charge is 2.11. The smallest absolute Gasteiger partial charge is 0.355 e. The molecule has 0 spiro atoms. The van der Waals surface area contributed by atoms with E-state index in [4.69, 9.17) is 5.11 Å². The number of carboxylic acids is 1. The Labute approximate surface area is 117 Å². The molecule has 0 aliphatic carbocycles. The number of hydrogen-bond acceptors (Lipinski definition) is 6. The number of aromatic carboxylic acids is 1. The van der Waals surface area contributed by atoms with Gasteiger partial charge in [0.25, 0.3) is 5.91 Å². The molecule has 0 fully saturated rings. The van der Waals surface area contributed by atoms with Gasteiger partial charge in [-0.1, -0.05) is 0 Å². The van der Waals surface area contributed by atoms with Crippen molar-refractivity contribution in [1.29, 1.82) is 0 Å². The van der Waals surface area contributed by atoms with E-state index >= 15 is 0 Å². The quantitative estimate of drug-likeness (QED) is 0.755. The Morgan fingerprint density at radius 2 is 2.20 bits per heavy atom. The van der Waals surface area contributed by atoms with Gasteiger partial charge in [0.15, 0.2) is 5.69 Å². The minimum Gasteiger partial charge on any atom is -0.505 e. The van der Waals surface area contributed by atoms with Crippen LogP contribution in [0.15, 0.2) is 23.8 Å². The lowest BCUT2D eigenvalue weighted by Crippen LogP contribution is -2.25. The van der Waals surface area contributed by atoms with Crippen molar-refractivity contribution in [3.8, 4) is 5.75 Å². The molecule has 8 heteroatoms. The molecule has 7 nitrogen and oxygen atoms in total. The van der Waals surface area contributed by atoms with Gasteiger partial charge in [-0.15, -0.1) is 11.3 Å². The van der Waals surface area contributed by atoms with Crippen LogP contribution in [0.25, 0.3) is 0 Å². The van der Waals surface area contributed by atoms with Gasteiger partial charge in [0.1, 0.15) is 5.75 Å². The van der Waals surface area contributed by atoms with Crippen molar-refractivity contribution in [1.82, 2.24) is 15.3 Å². The Hall–Kier alpha value is -2.48. The van der Waals surface area contributed by atoms with Crippen molar-refractivity contribution in [2.24, 2.45) is 0 Å². The molecule has 20 heavy (non-hydrogen) atoms. The molecule has 0 aliphatic heterocycles. The Bertz CT molecular complexity index is 641. The maximum atomic E-state index is 11.8. The van der Waals surface area contributed by atoms with Gasteiger partial charge in [0, 0.05) is 24.5 Å². The third kappa shape index (κ3) is 3.29. The van der Waals surface area contributed by atoms with Crippen LogP contribution in [0.4, 0.5) is 0 Å². The maximum absolute atomic E-state index is 11.8. The third-order valence-electron chi connectivity index (χ3n) is 2.44. The maximum Gasteiger partial charge on any atom is 0.355 e. The first-order valence-corrected chi connectivity index (χ1v) is 6.55. The fourth-order valence-corrected chi connectivity index (χ4v) is 2.25. The molecule has 2 heterocycles. The van der Waals surface area contributed by atoms with Crippen LogP contribution in [0.2, 0.25) is 0 Å². The van der Waals surface area contributed by atoms with E-state index in [9.17, 15) is 14.7 Å². The van der Waals surface area contributed by atoms with Gasteiger partial charge in [-0.2, -0.15) is 0 Å². The van der Waals surface area contributed by atoms with Crippen molar-refractivity contribution in [2.75, 3.05) is 6.54 Å². The van der Waals surface area contributed by atoms with E-state index in [0.717, 1.165) is 0 Å². The molecule has 0 aromatic carbocycles. The zero-order valence-corrected chi connectivity index (χ0v) is 11.1. The number of rotatable bonds is 5. The van der Waals surface area contributed by atoms with Crippen LogP contribution < -0.4 is 5.32 Å². The van der Waals surface area contributed by atoms with E-state index in [-0.39, 0.29) is 17.0 Å². The Morgan fingerprint density at radius 1 is 1.40 bits per heavy atom. The third-order valence-corrected chi connectivity index (χ3v) is 3.35. The minimum absolute atomic E-state index is 0.00287. The molecule has 0 unspecified atom stereocenters. The molecule has 1 amide bonds. The number of amides is 1. The molecule has 0 atom stereocenters. The first-order chi connectivity index (χ1) is 9.58. The summed E-state index contributed by atoms with van der Waals surface area (Å²) in [6.07, 6.45) is 3.03. The summed E-state index contributed by atoms with van der Waals surface area (Å²) in [6, 6.07) is 1.41. The second-order valence-electron chi connectivity index (χ2n) is 3.83. The van der Waals surface area contributed by atoms with Gasteiger partial charge >= 0.3 is 5.97 Å². The molecule has 104 valence electrons. The fraction of sp³-hybridized carbons (Fsp3) is 0.167. The van der Waals surface area contributed by atoms with Crippen molar-refractivity contribution in [3.05, 3.63) is 40.1 Å². The molecule has 0 bridgehead atoms. The zero-order chi connectivity index (χ0) is 14.5. The fourth-order valence-electron chi connectivity index (χ4n) is 1.48. The summed E-state index contributed by atoms with van der Waals surface area (Å²) in [7, 11) is 0. The van der Waals surface area contributed by atoms with Crippen LogP contribution in [-0.2, 0) is 6.42 Å². The van der Waals surface area contributed by atoms with Crippen LogP contribution in [0.1, 0.15) is 25.9 Å². The minimum atomic E-state index is -1.07. The largest absolute Gasteiger partial charge is 0.505 e. The highest BCUT2D eigenvalue weighted by molar-refractivity contribution is 7.09. The molecular formula is C12H11N3O4S. The normalized spacial score (nSPS) is 10.2. The topological polar surface area (TPSA) is 112 Å². The SMILES string of the molecule is O=C(O)c1csc(CCNC(=O)c2ccncc2O)n1. The Kier molecular flexibility index (Phi) is 4.26. The second-order valence-corrected chi connectivity index (χ2v) is 4.77. The van der Waals surface area contributed by atoms with Crippen LogP contribution >= 0.6 is 11.3 Å². The number of carbonyl (C=O) groups is 2. The predicted molar refractivity (Wildman–Crippen MR) is 71.0 cm³/mol. The van der Waals surface area contributed by atoms with E-state index in [1.807, 2.05) is 0 Å². The molecule has 2 rings (SSSR count). The van der Waals surface area contributed by atoms with Crippen LogP contribution in [0, 0.1) is 0 Å². The van der Waals surface area contributed by atoms with Gasteiger partial charge in [-0.05, 0) is 6.07 Å². The van der Waals surface area contributed by atoms with Crippen molar-refractivity contribution < 1.29 is 19.8 Å². The Balaban J connectivity index is 1.88. The molecule has 3 N–H and O–H groups in total. The number of nitrogens with one attached hydrogen (secondary N) is 1. The molecule has 0 aliphatic rings. The molecule has 2 aromatic rings. The number of hydrogen-bond donors (Lipinski definition) is 3. The molecule has 0 radical (unpaired) electrons. The standard InChI is InChI=1S/C12H11N3O4S/c16-9-5-13-3-1-7(9)11(17)14-4-2-10-15-8(6-20-10)12(18)19/h1,3,5-6,16H,2,4H2,(H,14,17)(H,18,19). The van der Waals surface area contributed by atoms with Crippen molar-refractivity contribution in [2.45, 2.75) is 6.42 Å². The first kappa shape index (κ1) is 13.9. The van der Waals surface area contributed by atoms with Gasteiger partial charge in [-0.25, -0.2) is 9.78 Å². The van der Waals surface area contributed by atoms with E-state index < -0.39 is 11.9 Å². The summed E-state index contributed by atoms with van der Waals surface area (Å²) in [4.78, 5) is 30.0. The lowest BCUT2D eigenvalue weighted by molar-refractivity contribution is 0.0690. The van der Waals surface area contributed by atoms with Crippen LogP contribution in [0.3, 0.4) is 0 Å². The number of aromatic hydroxyl groups is 1. The molecule has 2 aromatic heterocycles. The predicted octanol–water partition coefficient (Wildman–Crippen LogP) is 0.914. The van der Waals surface area contributed by atoms with Gasteiger partial charge in [0.2, 0.25) is 0 Å². The second kappa shape index (κ2) is 6.11. The summed E-state index contributed by atoms with van der Waals surface area (Å²) in [5.41, 5.74) is 0.147. The van der Waals surface area contributed by atoms with E-state index in [2.05, 4.69) is 15.3 Å². The lowest BCUT2D eigenvalue weighted by Gasteiger charge is -2.05. The number of aromatic nitrogens is 2. The lowest BCUT2D eigenvalue weighted by atomic mass is 10.2. The van der Waals surface area contributed by atoms with Crippen LogP contribution in [-0.4, -0.2) is 38.6 Å². The average molecular weight is 293 g/mol. The van der Waals surface area contributed by atoms with E-state index in [0.29, 0.717) is 18.0 Å². The van der Waals surface area contributed by atoms with Gasteiger partial charge < -0.3 is 15.5 Å². The number of carboxylic acid groups (broad SMARTS) is 1. The zero-order valence-electron chi connectivity index (χ0n) is 10.2. The molecule has 0 saturated carbocycles. The van der Waals surface area contributed by atoms with E-state index in [1.165, 1.54) is 35.2 Å². The monoisotopic (exact) mass is 293 g/mol. The van der Waals surface area contributed by atoms with Crippen molar-refractivity contribution in [3.63, 3.8) is 0 Å². The highest BCUT2D eigenvalue weighted by Crippen LogP contribution is 2.13. The van der Waals surface area contributed by atoms with Crippen molar-refractivity contribution >= 4 is 23.2 Å². The number of thiazole rings is 1. The number of nitrogens with zero attached hydrogens (tertiary/aromatic N) is 2. The van der Waals surface area contributed by atoms with E-state index in [1.54, 1.807) is 0 Å². The summed E-state index contributed by atoms with van der Waals surface area (Å²) < 4.78 is 0. The number of pyridine rings is 1. The van der Waals surface area contributed by atoms with Gasteiger partial charge in [-0.3, -0.25) is 9.78 Å². The first-order valence-electron chi connectivity index (χ1n) is 5.67. The summed E-state index contributed by atoms with van der Waals surface area (Å²) in [5, 5.41) is 22.9. The summed E-state index contributed by atoms with van der Waals surface area (Å²) >= 11 is 1.23. The Morgan fingerprint density at radius 3 is 2.85 bits per heavy atom. The van der Waals surface area contributed by atoms with Crippen LogP contribution in [0.5, 0.6) is 5.75 Å². The summed E-state index contributed by atoms with van der Waals surface area (Å²) in [6.45, 7) is 0.299. The average Bonchev–Trinajstić information content (AvgIpc) is 2.88. The number of carbonyl (C=O) groups excluding carboxylic acids is 1. The highest BCUT2D eigenvalue weighted by atomic mass is 32.1. The summed E-state index contributed by atoms with van der Waals surface area (Å²) in [5.74, 6) is -1.68. The molecular weight excluding hydrogens is 282 g/mol. The molecule has 0 saturated heterocycles. The van der Waals surface area contributed by atoms with Gasteiger partial charge in [0.05, 0.1) is 16.8 Å².